The van der Waals surface area contributed by atoms with Crippen LogP contribution in [-0.4, -0.2) is 58.5 Å². The number of aliphatic carboxylic acids is 2. The fraction of sp³-hybridized carbons (Fsp3) is 0.750. The summed E-state index contributed by atoms with van der Waals surface area (Å²) < 4.78 is 10.2. The molecule has 26 heavy (non-hydrogen) atoms. The first-order chi connectivity index (χ1) is 11.9. The van der Waals surface area contributed by atoms with Crippen molar-refractivity contribution in [2.45, 2.75) is 64.6 Å². The summed E-state index contributed by atoms with van der Waals surface area (Å²) in [4.78, 5) is 41.7. The van der Waals surface area contributed by atoms with E-state index in [0.717, 1.165) is 0 Å². The van der Waals surface area contributed by atoms with Crippen LogP contribution in [0.4, 0.5) is 4.79 Å². The van der Waals surface area contributed by atoms with Crippen molar-refractivity contribution in [1.29, 1.82) is 0 Å². The van der Waals surface area contributed by atoms with Crippen LogP contribution in [0.2, 0.25) is 0 Å². The standard InChI is InChI=1S/C14H26N2O4.C2H2O4/c1-5-19-12(17)9-6-7-10(15)11(8-9)16-13(18)20-14(2,3)4;3-1(4)2(5)6/h9-11H,5-8,15H2,1-4H3,(H,16,18);(H,3,4)(H,5,6)/t9-,10-,11+;/m0./s1. The zero-order chi connectivity index (χ0) is 20.5. The Bertz CT molecular complexity index is 503. The fourth-order valence-corrected chi connectivity index (χ4v) is 2.29. The number of esters is 1. The molecular weight excluding hydrogens is 348 g/mol. The van der Waals surface area contributed by atoms with E-state index in [1.165, 1.54) is 0 Å². The molecule has 10 nitrogen and oxygen atoms in total. The molecule has 1 saturated carbocycles. The summed E-state index contributed by atoms with van der Waals surface area (Å²) in [6.45, 7) is 7.55. The molecule has 1 aliphatic carbocycles. The van der Waals surface area contributed by atoms with E-state index in [1.54, 1.807) is 27.7 Å². The number of rotatable bonds is 3. The van der Waals surface area contributed by atoms with Crippen LogP contribution in [0.15, 0.2) is 0 Å². The highest BCUT2D eigenvalue weighted by Gasteiger charge is 2.34. The van der Waals surface area contributed by atoms with Crippen LogP contribution in [0.5, 0.6) is 0 Å². The van der Waals surface area contributed by atoms with Crippen molar-refractivity contribution < 1.29 is 38.9 Å². The third-order valence-corrected chi connectivity index (χ3v) is 3.41. The molecule has 0 bridgehead atoms. The molecule has 0 aliphatic heterocycles. The smallest absolute Gasteiger partial charge is 0.414 e. The Labute approximate surface area is 152 Å². The normalized spacial score (nSPS) is 22.3. The van der Waals surface area contributed by atoms with Crippen molar-refractivity contribution in [3.8, 4) is 0 Å². The van der Waals surface area contributed by atoms with Crippen LogP contribution < -0.4 is 11.1 Å². The Balaban J connectivity index is 0.000000896. The van der Waals surface area contributed by atoms with Crippen molar-refractivity contribution in [1.82, 2.24) is 5.32 Å². The van der Waals surface area contributed by atoms with Crippen LogP contribution in [0.25, 0.3) is 0 Å². The molecule has 1 rings (SSSR count). The Morgan fingerprint density at radius 2 is 1.65 bits per heavy atom. The van der Waals surface area contributed by atoms with Crippen molar-refractivity contribution in [3.05, 3.63) is 0 Å². The molecule has 10 heteroatoms. The molecule has 0 heterocycles. The number of carbonyl (C=O) groups is 4. The summed E-state index contributed by atoms with van der Waals surface area (Å²) >= 11 is 0. The molecule has 0 aromatic carbocycles. The molecule has 0 radical (unpaired) electrons. The van der Waals surface area contributed by atoms with Crippen LogP contribution in [0.1, 0.15) is 47.0 Å². The summed E-state index contributed by atoms with van der Waals surface area (Å²) in [5.74, 6) is -4.06. The molecule has 0 spiro atoms. The molecule has 3 atom stereocenters. The molecule has 1 amide bonds. The maximum atomic E-state index is 11.8. The maximum absolute atomic E-state index is 11.8. The summed E-state index contributed by atoms with van der Waals surface area (Å²) in [5, 5.41) is 17.5. The van der Waals surface area contributed by atoms with Gasteiger partial charge in [0, 0.05) is 12.1 Å². The average molecular weight is 376 g/mol. The fourth-order valence-electron chi connectivity index (χ4n) is 2.29. The van der Waals surface area contributed by atoms with Gasteiger partial charge in [-0.1, -0.05) is 0 Å². The van der Waals surface area contributed by atoms with E-state index in [1.807, 2.05) is 0 Å². The van der Waals surface area contributed by atoms with Gasteiger partial charge in [-0.3, -0.25) is 4.79 Å². The van der Waals surface area contributed by atoms with Gasteiger partial charge in [-0.15, -0.1) is 0 Å². The first kappa shape index (κ1) is 23.6. The van der Waals surface area contributed by atoms with E-state index >= 15 is 0 Å². The molecule has 0 aromatic heterocycles. The second kappa shape index (κ2) is 10.6. The van der Waals surface area contributed by atoms with Gasteiger partial charge in [0.1, 0.15) is 5.60 Å². The molecule has 0 saturated heterocycles. The zero-order valence-electron chi connectivity index (χ0n) is 15.5. The van der Waals surface area contributed by atoms with Gasteiger partial charge >= 0.3 is 24.0 Å². The number of nitrogens with two attached hydrogens (primary N) is 1. The van der Waals surface area contributed by atoms with Gasteiger partial charge in [-0.25, -0.2) is 14.4 Å². The van der Waals surface area contributed by atoms with Gasteiger partial charge < -0.3 is 30.7 Å². The number of ether oxygens (including phenoxy) is 2. The van der Waals surface area contributed by atoms with E-state index in [-0.39, 0.29) is 24.0 Å². The summed E-state index contributed by atoms with van der Waals surface area (Å²) in [7, 11) is 0. The zero-order valence-corrected chi connectivity index (χ0v) is 15.5. The highest BCUT2D eigenvalue weighted by atomic mass is 16.6. The quantitative estimate of drug-likeness (QED) is 0.410. The number of carboxylic acids is 2. The molecule has 150 valence electrons. The van der Waals surface area contributed by atoms with Crippen LogP contribution in [0.3, 0.4) is 0 Å². The van der Waals surface area contributed by atoms with Crippen LogP contribution >= 0.6 is 0 Å². The SMILES string of the molecule is CCOC(=O)[C@H]1CC[C@H](N)[C@H](NC(=O)OC(C)(C)C)C1.O=C(O)C(=O)O. The van der Waals surface area contributed by atoms with E-state index < -0.39 is 23.6 Å². The van der Waals surface area contributed by atoms with Crippen molar-refractivity contribution in [2.24, 2.45) is 11.7 Å². The number of amides is 1. The number of alkyl carbamates (subject to hydrolysis) is 1. The van der Waals surface area contributed by atoms with Crippen LogP contribution in [-0.2, 0) is 23.9 Å². The minimum Gasteiger partial charge on any atom is -0.473 e. The van der Waals surface area contributed by atoms with Gasteiger partial charge in [-0.2, -0.15) is 0 Å². The highest BCUT2D eigenvalue weighted by Crippen LogP contribution is 2.25. The number of carboxylic acid groups (broad SMARTS) is 2. The first-order valence-electron chi connectivity index (χ1n) is 8.25. The van der Waals surface area contributed by atoms with E-state index in [2.05, 4.69) is 5.32 Å². The monoisotopic (exact) mass is 376 g/mol. The molecule has 1 aliphatic rings. The lowest BCUT2D eigenvalue weighted by molar-refractivity contribution is -0.159. The molecular formula is C16H28N2O8. The Morgan fingerprint density at radius 1 is 1.12 bits per heavy atom. The third kappa shape index (κ3) is 9.82. The molecule has 0 unspecified atom stereocenters. The Kier molecular flexibility index (Phi) is 9.63. The molecule has 0 aromatic rings. The van der Waals surface area contributed by atoms with Crippen molar-refractivity contribution in [2.75, 3.05) is 6.61 Å². The minimum absolute atomic E-state index is 0.159. The van der Waals surface area contributed by atoms with Crippen molar-refractivity contribution in [3.63, 3.8) is 0 Å². The van der Waals surface area contributed by atoms with Crippen LogP contribution in [0, 0.1) is 5.92 Å². The average Bonchev–Trinajstić information content (AvgIpc) is 2.48. The minimum atomic E-state index is -1.82. The topological polar surface area (TPSA) is 165 Å². The van der Waals surface area contributed by atoms with E-state index in [9.17, 15) is 9.59 Å². The Morgan fingerprint density at radius 3 is 2.08 bits per heavy atom. The summed E-state index contributed by atoms with van der Waals surface area (Å²) in [6, 6.07) is -0.416. The second-order valence-electron chi connectivity index (χ2n) is 6.79. The Hall–Kier alpha value is -2.36. The highest BCUT2D eigenvalue weighted by molar-refractivity contribution is 6.27. The number of nitrogens with one attached hydrogen (secondary N) is 1. The number of carbonyl (C=O) groups excluding carboxylic acids is 2. The summed E-state index contributed by atoms with van der Waals surface area (Å²) in [5.41, 5.74) is 5.45. The first-order valence-corrected chi connectivity index (χ1v) is 8.25. The van der Waals surface area contributed by atoms with Gasteiger partial charge in [0.15, 0.2) is 0 Å². The lowest BCUT2D eigenvalue weighted by atomic mass is 9.83. The van der Waals surface area contributed by atoms with E-state index in [0.29, 0.717) is 25.9 Å². The number of hydrogen-bond acceptors (Lipinski definition) is 7. The largest absolute Gasteiger partial charge is 0.473 e. The number of hydrogen-bond donors (Lipinski definition) is 4. The van der Waals surface area contributed by atoms with Gasteiger partial charge in [0.05, 0.1) is 12.5 Å². The van der Waals surface area contributed by atoms with Gasteiger partial charge in [0.2, 0.25) is 0 Å². The summed E-state index contributed by atoms with van der Waals surface area (Å²) in [6.07, 6.45) is 1.39. The van der Waals surface area contributed by atoms with Gasteiger partial charge in [0.25, 0.3) is 0 Å². The molecule has 5 N–H and O–H groups in total. The molecule has 1 fully saturated rings. The second-order valence-corrected chi connectivity index (χ2v) is 6.79. The lowest BCUT2D eigenvalue weighted by Gasteiger charge is -2.34. The predicted octanol–water partition coefficient (Wildman–Crippen LogP) is 0.726. The van der Waals surface area contributed by atoms with Gasteiger partial charge in [-0.05, 0) is 47.0 Å². The lowest BCUT2D eigenvalue weighted by Crippen LogP contribution is -2.53. The van der Waals surface area contributed by atoms with E-state index in [4.69, 9.17) is 35.0 Å². The maximum Gasteiger partial charge on any atom is 0.414 e. The van der Waals surface area contributed by atoms with Crippen molar-refractivity contribution >= 4 is 24.0 Å². The third-order valence-electron chi connectivity index (χ3n) is 3.41. The predicted molar refractivity (Wildman–Crippen MR) is 90.4 cm³/mol.